The molecule has 0 saturated carbocycles. The van der Waals surface area contributed by atoms with E-state index in [4.69, 9.17) is 4.74 Å². The van der Waals surface area contributed by atoms with Crippen molar-refractivity contribution in [2.24, 2.45) is 0 Å². The first-order valence-electron chi connectivity index (χ1n) is 5.61. The first-order valence-corrected chi connectivity index (χ1v) is 6.40. The fourth-order valence-electron chi connectivity index (χ4n) is 1.59. The largest absolute Gasteiger partial charge is 0.497 e. The number of amides is 1. The van der Waals surface area contributed by atoms with Crippen LogP contribution in [0.4, 0.5) is 14.5 Å². The van der Waals surface area contributed by atoms with Gasteiger partial charge < -0.3 is 10.1 Å². The van der Waals surface area contributed by atoms with E-state index in [0.717, 1.165) is 6.07 Å². The second kappa shape index (κ2) is 6.00. The van der Waals surface area contributed by atoms with Gasteiger partial charge >= 0.3 is 0 Å². The molecule has 0 aliphatic heterocycles. The molecule has 3 nitrogen and oxygen atoms in total. The molecule has 0 bridgehead atoms. The molecule has 0 atom stereocenters. The molecule has 0 saturated heterocycles. The summed E-state index contributed by atoms with van der Waals surface area (Å²) in [6, 6.07) is 7.72. The second-order valence-electron chi connectivity index (χ2n) is 3.92. The summed E-state index contributed by atoms with van der Waals surface area (Å²) in [6.45, 7) is 0. The molecule has 1 N–H and O–H groups in total. The van der Waals surface area contributed by atoms with Crippen LogP contribution in [-0.2, 0) is 0 Å². The highest BCUT2D eigenvalue weighted by Crippen LogP contribution is 2.24. The Morgan fingerprint density at radius 3 is 2.55 bits per heavy atom. The van der Waals surface area contributed by atoms with E-state index in [9.17, 15) is 13.6 Å². The van der Waals surface area contributed by atoms with Crippen molar-refractivity contribution in [3.63, 3.8) is 0 Å². The second-order valence-corrected chi connectivity index (χ2v) is 4.78. The summed E-state index contributed by atoms with van der Waals surface area (Å²) >= 11 is 3.12. The van der Waals surface area contributed by atoms with Crippen LogP contribution in [0.15, 0.2) is 40.9 Å². The molecule has 0 aromatic heterocycles. The van der Waals surface area contributed by atoms with E-state index in [1.54, 1.807) is 0 Å². The SMILES string of the molecule is COc1ccc(C(=O)Nc2ccc(F)cc2Br)c(F)c1. The summed E-state index contributed by atoms with van der Waals surface area (Å²) in [5, 5.41) is 2.50. The fraction of sp³-hybridized carbons (Fsp3) is 0.0714. The Morgan fingerprint density at radius 2 is 1.95 bits per heavy atom. The molecular formula is C14H10BrF2NO2. The summed E-state index contributed by atoms with van der Waals surface area (Å²) in [6.07, 6.45) is 0. The van der Waals surface area contributed by atoms with E-state index < -0.39 is 17.5 Å². The lowest BCUT2D eigenvalue weighted by molar-refractivity contribution is 0.102. The maximum Gasteiger partial charge on any atom is 0.258 e. The molecular weight excluding hydrogens is 332 g/mol. The Kier molecular flexibility index (Phi) is 4.34. The summed E-state index contributed by atoms with van der Waals surface area (Å²) < 4.78 is 31.9. The summed E-state index contributed by atoms with van der Waals surface area (Å²) in [7, 11) is 1.41. The molecule has 0 radical (unpaired) electrons. The zero-order chi connectivity index (χ0) is 14.7. The molecule has 0 aliphatic carbocycles. The predicted octanol–water partition coefficient (Wildman–Crippen LogP) is 3.99. The Labute approximate surface area is 122 Å². The molecule has 2 rings (SSSR count). The molecule has 0 heterocycles. The van der Waals surface area contributed by atoms with E-state index in [2.05, 4.69) is 21.2 Å². The Morgan fingerprint density at radius 1 is 1.20 bits per heavy atom. The molecule has 0 fully saturated rings. The Balaban J connectivity index is 2.24. The van der Waals surface area contributed by atoms with Crippen molar-refractivity contribution < 1.29 is 18.3 Å². The Hall–Kier alpha value is -1.95. The van der Waals surface area contributed by atoms with Gasteiger partial charge in [-0.3, -0.25) is 4.79 Å². The van der Waals surface area contributed by atoms with Gasteiger partial charge in [0, 0.05) is 10.5 Å². The van der Waals surface area contributed by atoms with Crippen LogP contribution >= 0.6 is 15.9 Å². The minimum Gasteiger partial charge on any atom is -0.497 e. The molecule has 0 unspecified atom stereocenters. The average Bonchev–Trinajstić information content (AvgIpc) is 2.41. The highest BCUT2D eigenvalue weighted by atomic mass is 79.9. The zero-order valence-corrected chi connectivity index (χ0v) is 12.0. The van der Waals surface area contributed by atoms with Crippen molar-refractivity contribution in [2.75, 3.05) is 12.4 Å². The van der Waals surface area contributed by atoms with Crippen molar-refractivity contribution in [2.45, 2.75) is 0 Å². The third kappa shape index (κ3) is 3.14. The lowest BCUT2D eigenvalue weighted by Crippen LogP contribution is -2.14. The van der Waals surface area contributed by atoms with Crippen molar-refractivity contribution in [3.8, 4) is 5.75 Å². The quantitative estimate of drug-likeness (QED) is 0.916. The molecule has 2 aromatic rings. The standard InChI is InChI=1S/C14H10BrF2NO2/c1-20-9-3-4-10(12(17)7-9)14(19)18-13-5-2-8(16)6-11(13)15/h2-7H,1H3,(H,18,19). The van der Waals surface area contributed by atoms with Crippen molar-refractivity contribution in [3.05, 3.63) is 58.1 Å². The van der Waals surface area contributed by atoms with Gasteiger partial charge in [0.25, 0.3) is 5.91 Å². The number of carbonyl (C=O) groups excluding carboxylic acids is 1. The maximum atomic E-state index is 13.7. The van der Waals surface area contributed by atoms with Crippen LogP contribution < -0.4 is 10.1 Å². The fourth-order valence-corrected chi connectivity index (χ4v) is 2.04. The lowest BCUT2D eigenvalue weighted by atomic mass is 10.2. The van der Waals surface area contributed by atoms with Crippen LogP contribution in [0.3, 0.4) is 0 Å². The minimum absolute atomic E-state index is 0.123. The number of nitrogens with one attached hydrogen (secondary N) is 1. The van der Waals surface area contributed by atoms with E-state index >= 15 is 0 Å². The number of benzene rings is 2. The van der Waals surface area contributed by atoms with Gasteiger partial charge in [-0.25, -0.2) is 8.78 Å². The molecule has 0 aliphatic rings. The van der Waals surface area contributed by atoms with E-state index in [0.29, 0.717) is 15.9 Å². The third-order valence-electron chi connectivity index (χ3n) is 2.60. The average molecular weight is 342 g/mol. The van der Waals surface area contributed by atoms with Crippen LogP contribution in [0.1, 0.15) is 10.4 Å². The number of anilines is 1. The molecule has 1 amide bonds. The van der Waals surface area contributed by atoms with Gasteiger partial charge in [-0.05, 0) is 46.3 Å². The van der Waals surface area contributed by atoms with Crippen molar-refractivity contribution in [1.29, 1.82) is 0 Å². The number of halogens is 3. The van der Waals surface area contributed by atoms with Crippen LogP contribution in [0.25, 0.3) is 0 Å². The highest BCUT2D eigenvalue weighted by molar-refractivity contribution is 9.10. The van der Waals surface area contributed by atoms with Crippen LogP contribution in [0, 0.1) is 11.6 Å². The van der Waals surface area contributed by atoms with E-state index in [1.165, 1.54) is 37.4 Å². The van der Waals surface area contributed by atoms with Crippen molar-refractivity contribution >= 4 is 27.5 Å². The monoisotopic (exact) mass is 341 g/mol. The van der Waals surface area contributed by atoms with Crippen molar-refractivity contribution in [1.82, 2.24) is 0 Å². The molecule has 104 valence electrons. The minimum atomic E-state index is -0.694. The van der Waals surface area contributed by atoms with Gasteiger partial charge in [0.2, 0.25) is 0 Å². The van der Waals surface area contributed by atoms with Gasteiger partial charge in [0.05, 0.1) is 18.4 Å². The number of hydrogen-bond acceptors (Lipinski definition) is 2. The number of methoxy groups -OCH3 is 1. The Bertz CT molecular complexity index is 662. The van der Waals surface area contributed by atoms with Crippen LogP contribution in [0.2, 0.25) is 0 Å². The van der Waals surface area contributed by atoms with E-state index in [1.807, 2.05) is 0 Å². The molecule has 20 heavy (non-hydrogen) atoms. The van der Waals surface area contributed by atoms with Crippen LogP contribution in [-0.4, -0.2) is 13.0 Å². The molecule has 6 heteroatoms. The smallest absolute Gasteiger partial charge is 0.258 e. The normalized spacial score (nSPS) is 10.2. The summed E-state index contributed by atoms with van der Waals surface area (Å²) in [4.78, 5) is 12.0. The lowest BCUT2D eigenvalue weighted by Gasteiger charge is -2.09. The predicted molar refractivity (Wildman–Crippen MR) is 75.0 cm³/mol. The van der Waals surface area contributed by atoms with Gasteiger partial charge in [0.15, 0.2) is 0 Å². The topological polar surface area (TPSA) is 38.3 Å². The van der Waals surface area contributed by atoms with Gasteiger partial charge in [-0.1, -0.05) is 0 Å². The number of rotatable bonds is 3. The molecule has 0 spiro atoms. The summed E-state index contributed by atoms with van der Waals surface area (Å²) in [5.41, 5.74) is 0.230. The van der Waals surface area contributed by atoms with Gasteiger partial charge in [0.1, 0.15) is 17.4 Å². The first-order chi connectivity index (χ1) is 9.51. The maximum absolute atomic E-state index is 13.7. The highest BCUT2D eigenvalue weighted by Gasteiger charge is 2.14. The number of hydrogen-bond donors (Lipinski definition) is 1. The zero-order valence-electron chi connectivity index (χ0n) is 10.4. The summed E-state index contributed by atoms with van der Waals surface area (Å²) in [5.74, 6) is -1.44. The number of ether oxygens (including phenoxy) is 1. The third-order valence-corrected chi connectivity index (χ3v) is 3.26. The number of carbonyl (C=O) groups is 1. The van der Waals surface area contributed by atoms with Crippen LogP contribution in [0.5, 0.6) is 5.75 Å². The van der Waals surface area contributed by atoms with Gasteiger partial charge in [-0.2, -0.15) is 0 Å². The first kappa shape index (κ1) is 14.5. The van der Waals surface area contributed by atoms with E-state index in [-0.39, 0.29) is 5.56 Å². The van der Waals surface area contributed by atoms with Gasteiger partial charge in [-0.15, -0.1) is 0 Å². The molecule has 2 aromatic carbocycles.